The smallest absolute Gasteiger partial charge is 0.387 e. The molecule has 1 unspecified atom stereocenters. The summed E-state index contributed by atoms with van der Waals surface area (Å²) in [5.41, 5.74) is 2.21. The van der Waals surface area contributed by atoms with Crippen LogP contribution in [0.1, 0.15) is 17.2 Å². The van der Waals surface area contributed by atoms with Gasteiger partial charge in [0.05, 0.1) is 0 Å². The first-order chi connectivity index (χ1) is 12.0. The van der Waals surface area contributed by atoms with E-state index in [0.717, 1.165) is 18.5 Å². The number of hydrogen-bond acceptors (Lipinski definition) is 4. The minimum absolute atomic E-state index is 0. The van der Waals surface area contributed by atoms with Gasteiger partial charge in [0.2, 0.25) is 10.0 Å². The normalized spacial score (nSPS) is 16.7. The van der Waals surface area contributed by atoms with Crippen LogP contribution in [-0.2, 0) is 16.4 Å². The summed E-state index contributed by atoms with van der Waals surface area (Å²) in [6.07, 6.45) is 0.879. The molecule has 0 aromatic heterocycles. The Labute approximate surface area is 157 Å². The molecule has 142 valence electrons. The number of para-hydroxylation sites is 1. The lowest BCUT2D eigenvalue weighted by atomic mass is 9.95. The lowest BCUT2D eigenvalue weighted by Gasteiger charge is -2.27. The van der Waals surface area contributed by atoms with Gasteiger partial charge >= 0.3 is 6.61 Å². The van der Waals surface area contributed by atoms with Gasteiger partial charge in [0.15, 0.2) is 0 Å². The van der Waals surface area contributed by atoms with Crippen molar-refractivity contribution in [2.24, 2.45) is 0 Å². The fourth-order valence-corrected chi connectivity index (χ4v) is 4.09. The van der Waals surface area contributed by atoms with E-state index in [1.807, 2.05) is 24.3 Å². The summed E-state index contributed by atoms with van der Waals surface area (Å²) >= 11 is 0. The van der Waals surface area contributed by atoms with Crippen LogP contribution in [0.4, 0.5) is 8.78 Å². The van der Waals surface area contributed by atoms with Crippen molar-refractivity contribution in [1.82, 2.24) is 10.0 Å². The van der Waals surface area contributed by atoms with E-state index < -0.39 is 16.6 Å². The maximum atomic E-state index is 12.5. The van der Waals surface area contributed by atoms with E-state index >= 15 is 0 Å². The van der Waals surface area contributed by atoms with Gasteiger partial charge in [-0.2, -0.15) is 8.78 Å². The van der Waals surface area contributed by atoms with E-state index in [1.54, 1.807) is 0 Å². The highest BCUT2D eigenvalue weighted by atomic mass is 35.5. The number of fused-ring (bicyclic) bond motifs is 1. The molecule has 1 atom stereocenters. The molecule has 2 aromatic rings. The van der Waals surface area contributed by atoms with Crippen LogP contribution in [0.15, 0.2) is 53.4 Å². The first kappa shape index (κ1) is 20.6. The van der Waals surface area contributed by atoms with Crippen molar-refractivity contribution in [3.05, 3.63) is 59.7 Å². The Morgan fingerprint density at radius 2 is 1.85 bits per heavy atom. The van der Waals surface area contributed by atoms with Crippen LogP contribution in [0.5, 0.6) is 5.75 Å². The summed E-state index contributed by atoms with van der Waals surface area (Å²) in [7, 11) is -3.99. The summed E-state index contributed by atoms with van der Waals surface area (Å²) in [5.74, 6) is -0.373. The molecule has 0 fully saturated rings. The number of nitrogens with one attached hydrogen (secondary N) is 2. The van der Waals surface area contributed by atoms with Crippen LogP contribution in [0.2, 0.25) is 0 Å². The molecule has 2 aromatic carbocycles. The first-order valence-electron chi connectivity index (χ1n) is 7.82. The maximum absolute atomic E-state index is 12.5. The number of halogens is 3. The van der Waals surface area contributed by atoms with Gasteiger partial charge in [0, 0.05) is 12.6 Å². The highest BCUT2D eigenvalue weighted by molar-refractivity contribution is 7.89. The third-order valence-electron chi connectivity index (χ3n) is 4.05. The van der Waals surface area contributed by atoms with Gasteiger partial charge in [0.25, 0.3) is 0 Å². The van der Waals surface area contributed by atoms with Crippen LogP contribution >= 0.6 is 12.4 Å². The van der Waals surface area contributed by atoms with Gasteiger partial charge < -0.3 is 10.1 Å². The van der Waals surface area contributed by atoms with E-state index in [-0.39, 0.29) is 35.6 Å². The molecule has 9 heteroatoms. The Kier molecular flexibility index (Phi) is 6.94. The second kappa shape index (κ2) is 8.77. The SMILES string of the molecule is Cl.O=S(=O)(NCC1NCCc2ccccc21)c1ccccc1OC(F)F. The molecule has 0 aliphatic carbocycles. The van der Waals surface area contributed by atoms with Crippen molar-refractivity contribution in [2.45, 2.75) is 24.0 Å². The van der Waals surface area contributed by atoms with Crippen molar-refractivity contribution in [2.75, 3.05) is 13.1 Å². The second-order valence-corrected chi connectivity index (χ2v) is 7.37. The standard InChI is InChI=1S/C17H18F2N2O3S.ClH/c18-17(19)24-15-7-3-4-8-16(15)25(22,23)21-11-14-13-6-2-1-5-12(13)9-10-20-14;/h1-8,14,17,20-21H,9-11H2;1H. The zero-order valence-electron chi connectivity index (χ0n) is 13.7. The molecule has 0 spiro atoms. The molecular weight excluding hydrogens is 386 g/mol. The van der Waals surface area contributed by atoms with E-state index in [4.69, 9.17) is 0 Å². The van der Waals surface area contributed by atoms with Crippen LogP contribution in [0, 0.1) is 0 Å². The lowest BCUT2D eigenvalue weighted by Crippen LogP contribution is -2.38. The van der Waals surface area contributed by atoms with Gasteiger partial charge in [0.1, 0.15) is 10.6 Å². The highest BCUT2D eigenvalue weighted by Gasteiger charge is 2.25. The number of sulfonamides is 1. The molecule has 1 aliphatic rings. The summed E-state index contributed by atoms with van der Waals surface area (Å²) in [4.78, 5) is -0.306. The number of benzene rings is 2. The monoisotopic (exact) mass is 404 g/mol. The zero-order chi connectivity index (χ0) is 17.9. The zero-order valence-corrected chi connectivity index (χ0v) is 15.3. The average Bonchev–Trinajstić information content (AvgIpc) is 2.60. The van der Waals surface area contributed by atoms with Crippen LogP contribution in [0.25, 0.3) is 0 Å². The lowest BCUT2D eigenvalue weighted by molar-refractivity contribution is -0.0517. The van der Waals surface area contributed by atoms with Crippen LogP contribution in [-0.4, -0.2) is 28.1 Å². The molecule has 26 heavy (non-hydrogen) atoms. The van der Waals surface area contributed by atoms with Crippen molar-refractivity contribution < 1.29 is 21.9 Å². The van der Waals surface area contributed by atoms with E-state index in [9.17, 15) is 17.2 Å². The molecule has 0 saturated heterocycles. The molecule has 0 saturated carbocycles. The third-order valence-corrected chi connectivity index (χ3v) is 5.51. The van der Waals surface area contributed by atoms with Gasteiger partial charge in [-0.25, -0.2) is 13.1 Å². The number of alkyl halides is 2. The Balaban J connectivity index is 0.00000243. The predicted octanol–water partition coefficient (Wildman–Crippen LogP) is 2.88. The Morgan fingerprint density at radius 1 is 1.15 bits per heavy atom. The summed E-state index contributed by atoms with van der Waals surface area (Å²) < 4.78 is 56.8. The quantitative estimate of drug-likeness (QED) is 0.777. The van der Waals surface area contributed by atoms with Crippen molar-refractivity contribution in [1.29, 1.82) is 0 Å². The van der Waals surface area contributed by atoms with E-state index in [0.29, 0.717) is 0 Å². The molecule has 1 aliphatic heterocycles. The van der Waals surface area contributed by atoms with E-state index in [2.05, 4.69) is 14.8 Å². The summed E-state index contributed by atoms with van der Waals surface area (Å²) in [5, 5.41) is 3.27. The number of ether oxygens (including phenoxy) is 1. The highest BCUT2D eigenvalue weighted by Crippen LogP contribution is 2.26. The predicted molar refractivity (Wildman–Crippen MR) is 96.4 cm³/mol. The fraction of sp³-hybridized carbons (Fsp3) is 0.294. The largest absolute Gasteiger partial charge is 0.433 e. The molecule has 1 heterocycles. The van der Waals surface area contributed by atoms with Crippen LogP contribution in [0.3, 0.4) is 0 Å². The molecule has 0 bridgehead atoms. The van der Waals surface area contributed by atoms with Crippen molar-refractivity contribution >= 4 is 22.4 Å². The van der Waals surface area contributed by atoms with Gasteiger partial charge in [-0.05, 0) is 36.2 Å². The average molecular weight is 405 g/mol. The van der Waals surface area contributed by atoms with Gasteiger partial charge in [-0.15, -0.1) is 12.4 Å². The fourth-order valence-electron chi connectivity index (χ4n) is 2.91. The second-order valence-electron chi connectivity index (χ2n) is 5.63. The number of rotatable bonds is 6. The molecular formula is C17H19ClF2N2O3S. The third kappa shape index (κ3) is 4.70. The van der Waals surface area contributed by atoms with E-state index in [1.165, 1.54) is 29.8 Å². The molecule has 5 nitrogen and oxygen atoms in total. The van der Waals surface area contributed by atoms with Crippen molar-refractivity contribution in [3.8, 4) is 5.75 Å². The molecule has 0 radical (unpaired) electrons. The Hall–Kier alpha value is -1.74. The van der Waals surface area contributed by atoms with Gasteiger partial charge in [-0.3, -0.25) is 0 Å². The molecule has 0 amide bonds. The molecule has 3 rings (SSSR count). The van der Waals surface area contributed by atoms with Crippen LogP contribution < -0.4 is 14.8 Å². The first-order valence-corrected chi connectivity index (χ1v) is 9.30. The van der Waals surface area contributed by atoms with Crippen molar-refractivity contribution in [3.63, 3.8) is 0 Å². The topological polar surface area (TPSA) is 67.4 Å². The van der Waals surface area contributed by atoms with Gasteiger partial charge in [-0.1, -0.05) is 36.4 Å². The summed E-state index contributed by atoms with van der Waals surface area (Å²) in [6, 6.07) is 13.0. The Bertz CT molecular complexity index is 849. The minimum atomic E-state index is -3.99. The number of hydrogen-bond donors (Lipinski definition) is 2. The Morgan fingerprint density at radius 3 is 2.62 bits per heavy atom. The minimum Gasteiger partial charge on any atom is -0.433 e. The molecule has 2 N–H and O–H groups in total. The maximum Gasteiger partial charge on any atom is 0.387 e. The summed E-state index contributed by atoms with van der Waals surface area (Å²) in [6.45, 7) is -2.24.